The van der Waals surface area contributed by atoms with Crippen LogP contribution in [-0.2, 0) is 11.3 Å². The molecular formula is C30H28F3N3O5S. The fraction of sp³-hybridized carbons (Fsp3) is 0.433. The lowest BCUT2D eigenvalue weighted by Gasteiger charge is -2.30. The number of thiazole rings is 1. The molecule has 1 aliphatic heterocycles. The highest BCUT2D eigenvalue weighted by Crippen LogP contribution is 2.46. The zero-order valence-corrected chi connectivity index (χ0v) is 23.3. The number of carboxylic acids is 1. The van der Waals surface area contributed by atoms with Crippen LogP contribution in [-0.4, -0.2) is 47.0 Å². The first kappa shape index (κ1) is 27.2. The van der Waals surface area contributed by atoms with E-state index in [2.05, 4.69) is 15.0 Å². The molecule has 1 N–H and O–H groups in total. The summed E-state index contributed by atoms with van der Waals surface area (Å²) in [6.45, 7) is -1.11. The van der Waals surface area contributed by atoms with E-state index in [4.69, 9.17) is 14.0 Å². The van der Waals surface area contributed by atoms with Crippen LogP contribution in [0.2, 0.25) is 0 Å². The van der Waals surface area contributed by atoms with Gasteiger partial charge in [0.25, 0.3) is 0 Å². The number of carbonyl (C=O) groups is 1. The van der Waals surface area contributed by atoms with E-state index in [1.165, 1.54) is 23.5 Å². The van der Waals surface area contributed by atoms with E-state index in [9.17, 15) is 23.1 Å². The van der Waals surface area contributed by atoms with Crippen LogP contribution in [0.1, 0.15) is 59.7 Å². The van der Waals surface area contributed by atoms with Crippen LogP contribution in [0.15, 0.2) is 40.9 Å². The van der Waals surface area contributed by atoms with Gasteiger partial charge in [0.2, 0.25) is 0 Å². The molecule has 3 atom stereocenters. The molecule has 8 nitrogen and oxygen atoms in total. The minimum Gasteiger partial charge on any atom is -0.478 e. The summed E-state index contributed by atoms with van der Waals surface area (Å²) in [7, 11) is 0. The number of halogens is 3. The number of benzene rings is 2. The van der Waals surface area contributed by atoms with Crippen molar-refractivity contribution in [2.75, 3.05) is 18.0 Å². The van der Waals surface area contributed by atoms with Gasteiger partial charge in [0.15, 0.2) is 10.9 Å². The Labute approximate surface area is 243 Å². The van der Waals surface area contributed by atoms with Crippen LogP contribution in [0.5, 0.6) is 5.75 Å². The summed E-state index contributed by atoms with van der Waals surface area (Å²) in [6.07, 6.45) is 4.72. The van der Waals surface area contributed by atoms with Crippen LogP contribution in [0, 0.1) is 17.7 Å². The number of fused-ring (bicyclic) bond motifs is 2. The second-order valence-electron chi connectivity index (χ2n) is 11.3. The fourth-order valence-electron chi connectivity index (χ4n) is 6.33. The molecule has 3 heterocycles. The van der Waals surface area contributed by atoms with E-state index in [1.54, 1.807) is 18.2 Å². The predicted molar refractivity (Wildman–Crippen MR) is 149 cm³/mol. The molecular weight excluding hydrogens is 571 g/mol. The molecule has 0 unspecified atom stereocenters. The minimum atomic E-state index is -2.95. The number of carboxylic acid groups (broad SMARTS) is 1. The first-order chi connectivity index (χ1) is 20.3. The van der Waals surface area contributed by atoms with Gasteiger partial charge >= 0.3 is 12.6 Å². The molecule has 1 saturated heterocycles. The SMILES string of the molecule is O=C(O)c1cc(F)c2nc(N3C[C@H]4CC[C@H](OCc5c(-c6ccccc6OC(F)F)noc5C5CC5)C[C@H]4C3)sc2c1. The Balaban J connectivity index is 1.05. The van der Waals surface area contributed by atoms with Crippen LogP contribution in [0.3, 0.4) is 0 Å². The normalized spacial score (nSPS) is 22.2. The molecule has 12 heteroatoms. The number of aromatic carboxylic acids is 1. The third-order valence-corrected chi connectivity index (χ3v) is 9.61. The van der Waals surface area contributed by atoms with Gasteiger partial charge in [0.05, 0.1) is 23.0 Å². The van der Waals surface area contributed by atoms with Crippen molar-refractivity contribution < 1.29 is 37.1 Å². The van der Waals surface area contributed by atoms with E-state index in [1.807, 2.05) is 0 Å². The topological polar surface area (TPSA) is 97.9 Å². The Morgan fingerprint density at radius 3 is 2.74 bits per heavy atom. The van der Waals surface area contributed by atoms with Gasteiger partial charge in [-0.3, -0.25) is 0 Å². The second kappa shape index (κ2) is 10.9. The summed E-state index contributed by atoms with van der Waals surface area (Å²) < 4.78 is 58.1. The van der Waals surface area contributed by atoms with Crippen LogP contribution in [0.25, 0.3) is 21.5 Å². The predicted octanol–water partition coefficient (Wildman–Crippen LogP) is 7.09. The van der Waals surface area contributed by atoms with Crippen molar-refractivity contribution in [1.29, 1.82) is 0 Å². The lowest BCUT2D eigenvalue weighted by atomic mass is 9.80. The standard InChI is InChI=1S/C30H28F3N3O5S/c31-22-10-17(28(37)38)11-24-26(22)34-30(42-24)36-12-16-7-8-19(9-18(16)13-36)39-14-21-25(35-41-27(21)15-5-6-15)20-3-1-2-4-23(20)40-29(32)33/h1-4,10-11,15-16,18-19,29H,5-9,12-14H2,(H,37,38)/t16-,18+,19+/m1/s1. The molecule has 4 aromatic rings. The largest absolute Gasteiger partial charge is 0.478 e. The zero-order valence-electron chi connectivity index (χ0n) is 22.5. The van der Waals surface area contributed by atoms with E-state index >= 15 is 0 Å². The number of aromatic nitrogens is 2. The van der Waals surface area contributed by atoms with E-state index < -0.39 is 18.4 Å². The van der Waals surface area contributed by atoms with E-state index in [-0.39, 0.29) is 35.5 Å². The lowest BCUT2D eigenvalue weighted by Crippen LogP contribution is -2.28. The first-order valence-electron chi connectivity index (χ1n) is 14.1. The fourth-order valence-corrected chi connectivity index (χ4v) is 7.37. The molecule has 42 heavy (non-hydrogen) atoms. The molecule has 220 valence electrons. The Bertz CT molecular complexity index is 1640. The summed E-state index contributed by atoms with van der Waals surface area (Å²) in [6, 6.07) is 9.07. The summed E-state index contributed by atoms with van der Waals surface area (Å²) in [5, 5.41) is 14.2. The smallest absolute Gasteiger partial charge is 0.387 e. The maximum absolute atomic E-state index is 14.5. The van der Waals surface area contributed by atoms with Gasteiger partial charge in [-0.1, -0.05) is 28.6 Å². The molecule has 2 saturated carbocycles. The van der Waals surface area contributed by atoms with Crippen molar-refractivity contribution in [3.05, 3.63) is 59.1 Å². The number of hydrogen-bond acceptors (Lipinski definition) is 8. The van der Waals surface area contributed by atoms with Gasteiger partial charge < -0.3 is 24.0 Å². The molecule has 2 aromatic heterocycles. The van der Waals surface area contributed by atoms with Gasteiger partial charge in [-0.2, -0.15) is 8.78 Å². The quantitative estimate of drug-likeness (QED) is 0.218. The monoisotopic (exact) mass is 599 g/mol. The Morgan fingerprint density at radius 1 is 1.14 bits per heavy atom. The number of hydrogen-bond donors (Lipinski definition) is 1. The Morgan fingerprint density at radius 2 is 1.95 bits per heavy atom. The van der Waals surface area contributed by atoms with E-state index in [0.717, 1.165) is 62.6 Å². The maximum Gasteiger partial charge on any atom is 0.387 e. The lowest BCUT2D eigenvalue weighted by molar-refractivity contribution is -0.0494. The molecule has 0 bridgehead atoms. The number of alkyl halides is 2. The van der Waals surface area contributed by atoms with Crippen molar-refractivity contribution in [1.82, 2.24) is 10.1 Å². The average Bonchev–Trinajstić information content (AvgIpc) is 3.37. The van der Waals surface area contributed by atoms with Crippen LogP contribution >= 0.6 is 11.3 Å². The van der Waals surface area contributed by atoms with E-state index in [0.29, 0.717) is 32.9 Å². The molecule has 0 spiro atoms. The molecule has 0 amide bonds. The van der Waals surface area contributed by atoms with Crippen molar-refractivity contribution in [2.24, 2.45) is 11.8 Å². The Hall–Kier alpha value is -3.64. The highest BCUT2D eigenvalue weighted by Gasteiger charge is 2.40. The highest BCUT2D eigenvalue weighted by atomic mass is 32.1. The van der Waals surface area contributed by atoms with Crippen LogP contribution < -0.4 is 9.64 Å². The van der Waals surface area contributed by atoms with Gasteiger partial charge in [-0.25, -0.2) is 14.2 Å². The van der Waals surface area contributed by atoms with Gasteiger partial charge in [-0.05, 0) is 68.2 Å². The molecule has 3 aliphatic rings. The Kier molecular flexibility index (Phi) is 7.05. The van der Waals surface area contributed by atoms with Crippen LogP contribution in [0.4, 0.5) is 18.3 Å². The molecule has 0 radical (unpaired) electrons. The molecule has 2 aliphatic carbocycles. The summed E-state index contributed by atoms with van der Waals surface area (Å²) in [5.74, 6) is 0.105. The number of ether oxygens (including phenoxy) is 2. The maximum atomic E-state index is 14.5. The third-order valence-electron chi connectivity index (χ3n) is 8.54. The van der Waals surface area contributed by atoms with Crippen molar-refractivity contribution in [3.8, 4) is 17.0 Å². The van der Waals surface area contributed by atoms with Crippen molar-refractivity contribution in [3.63, 3.8) is 0 Å². The molecule has 7 rings (SSSR count). The summed E-state index contributed by atoms with van der Waals surface area (Å²) in [4.78, 5) is 18.0. The number of para-hydroxylation sites is 1. The zero-order chi connectivity index (χ0) is 29.0. The second-order valence-corrected chi connectivity index (χ2v) is 12.3. The van der Waals surface area contributed by atoms with Gasteiger partial charge in [-0.15, -0.1) is 0 Å². The minimum absolute atomic E-state index is 0.0134. The third kappa shape index (κ3) is 5.22. The summed E-state index contributed by atoms with van der Waals surface area (Å²) in [5.41, 5.74) is 1.83. The van der Waals surface area contributed by atoms with Gasteiger partial charge in [0, 0.05) is 30.1 Å². The number of anilines is 1. The number of rotatable bonds is 9. The molecule has 3 fully saturated rings. The molecule has 2 aromatic carbocycles. The summed E-state index contributed by atoms with van der Waals surface area (Å²) >= 11 is 1.32. The number of nitrogens with zero attached hydrogens (tertiary/aromatic N) is 3. The highest BCUT2D eigenvalue weighted by molar-refractivity contribution is 7.22. The van der Waals surface area contributed by atoms with Gasteiger partial charge in [0.1, 0.15) is 22.7 Å². The first-order valence-corrected chi connectivity index (χ1v) is 14.9. The average molecular weight is 600 g/mol. The van der Waals surface area contributed by atoms with Crippen molar-refractivity contribution >= 4 is 32.7 Å². The van der Waals surface area contributed by atoms with Crippen molar-refractivity contribution in [2.45, 2.75) is 57.3 Å².